The lowest BCUT2D eigenvalue weighted by Crippen LogP contribution is -2.37. The highest BCUT2D eigenvalue weighted by atomic mass is 16.5. The molecule has 3 nitrogen and oxygen atoms in total. The molecule has 1 aromatic rings. The van der Waals surface area contributed by atoms with Gasteiger partial charge in [0, 0.05) is 30.6 Å². The fourth-order valence-corrected chi connectivity index (χ4v) is 3.02. The topological polar surface area (TPSA) is 30.5 Å². The van der Waals surface area contributed by atoms with Crippen molar-refractivity contribution in [2.75, 3.05) is 19.8 Å². The minimum atomic E-state index is 0.298. The molecule has 3 atom stereocenters. The molecule has 1 aromatic carbocycles. The summed E-state index contributed by atoms with van der Waals surface area (Å²) in [6, 6.07) is 8.82. The Labute approximate surface area is 108 Å². The molecule has 3 unspecified atom stereocenters. The van der Waals surface area contributed by atoms with Crippen molar-refractivity contribution in [3.8, 4) is 5.75 Å². The van der Waals surface area contributed by atoms with Gasteiger partial charge >= 0.3 is 0 Å². The smallest absolute Gasteiger partial charge is 0.124 e. The van der Waals surface area contributed by atoms with E-state index in [0.717, 1.165) is 38.3 Å². The molecule has 18 heavy (non-hydrogen) atoms. The van der Waals surface area contributed by atoms with Crippen LogP contribution < -0.4 is 10.1 Å². The van der Waals surface area contributed by atoms with Gasteiger partial charge in [0.2, 0.25) is 0 Å². The molecule has 0 spiro atoms. The Hall–Kier alpha value is -1.06. The Bertz CT molecular complexity index is 401. The fourth-order valence-electron chi connectivity index (χ4n) is 3.02. The van der Waals surface area contributed by atoms with Gasteiger partial charge in [-0.25, -0.2) is 0 Å². The summed E-state index contributed by atoms with van der Waals surface area (Å²) < 4.78 is 11.7. The number of ether oxygens (including phenoxy) is 2. The van der Waals surface area contributed by atoms with Crippen LogP contribution in [0.2, 0.25) is 0 Å². The standard InChI is InChI=1S/C15H21NO2/c1-2-16-13-9-15(11-7-8-17-10-11)18-14-6-4-3-5-12(13)14/h3-6,11,13,15-16H,2,7-10H2,1H3. The van der Waals surface area contributed by atoms with E-state index in [4.69, 9.17) is 9.47 Å². The summed E-state index contributed by atoms with van der Waals surface area (Å²) in [4.78, 5) is 0. The van der Waals surface area contributed by atoms with Crippen LogP contribution in [-0.2, 0) is 4.74 Å². The second-order valence-corrected chi connectivity index (χ2v) is 5.16. The Kier molecular flexibility index (Phi) is 3.52. The van der Waals surface area contributed by atoms with Gasteiger partial charge in [-0.05, 0) is 19.0 Å². The van der Waals surface area contributed by atoms with Crippen LogP contribution in [0.1, 0.15) is 31.4 Å². The van der Waals surface area contributed by atoms with Crippen molar-refractivity contribution in [3.05, 3.63) is 29.8 Å². The number of benzene rings is 1. The van der Waals surface area contributed by atoms with Crippen molar-refractivity contribution >= 4 is 0 Å². The minimum absolute atomic E-state index is 0.298. The first kappa shape index (κ1) is 12.0. The average molecular weight is 247 g/mol. The number of para-hydroxylation sites is 1. The van der Waals surface area contributed by atoms with Gasteiger partial charge in [0.25, 0.3) is 0 Å². The molecule has 2 aliphatic rings. The first-order valence-corrected chi connectivity index (χ1v) is 6.95. The first-order valence-electron chi connectivity index (χ1n) is 6.95. The lowest BCUT2D eigenvalue weighted by Gasteiger charge is -2.35. The molecule has 0 saturated carbocycles. The normalized spacial score (nSPS) is 30.8. The molecule has 3 rings (SSSR count). The maximum absolute atomic E-state index is 6.17. The van der Waals surface area contributed by atoms with E-state index in [0.29, 0.717) is 18.1 Å². The molecule has 2 aliphatic heterocycles. The molecule has 0 radical (unpaired) electrons. The molecular formula is C15H21NO2. The van der Waals surface area contributed by atoms with E-state index in [1.165, 1.54) is 5.56 Å². The third-order valence-corrected chi connectivity index (χ3v) is 3.98. The van der Waals surface area contributed by atoms with Crippen LogP contribution in [0.4, 0.5) is 0 Å². The van der Waals surface area contributed by atoms with Crippen molar-refractivity contribution < 1.29 is 9.47 Å². The number of nitrogens with one attached hydrogen (secondary N) is 1. The zero-order chi connectivity index (χ0) is 12.4. The highest BCUT2D eigenvalue weighted by Gasteiger charge is 2.34. The third-order valence-electron chi connectivity index (χ3n) is 3.98. The quantitative estimate of drug-likeness (QED) is 0.890. The van der Waals surface area contributed by atoms with E-state index in [-0.39, 0.29) is 0 Å². The van der Waals surface area contributed by atoms with Gasteiger partial charge in [-0.1, -0.05) is 25.1 Å². The van der Waals surface area contributed by atoms with Crippen molar-refractivity contribution in [2.45, 2.75) is 31.9 Å². The first-order chi connectivity index (χ1) is 8.88. The zero-order valence-corrected chi connectivity index (χ0v) is 10.9. The third kappa shape index (κ3) is 2.25. The van der Waals surface area contributed by atoms with Crippen molar-refractivity contribution in [1.29, 1.82) is 0 Å². The van der Waals surface area contributed by atoms with E-state index in [2.05, 4.69) is 36.5 Å². The minimum Gasteiger partial charge on any atom is -0.490 e. The molecule has 1 saturated heterocycles. The fraction of sp³-hybridized carbons (Fsp3) is 0.600. The van der Waals surface area contributed by atoms with Gasteiger partial charge in [-0.2, -0.15) is 0 Å². The number of rotatable bonds is 3. The van der Waals surface area contributed by atoms with Crippen LogP contribution in [0.25, 0.3) is 0 Å². The SMILES string of the molecule is CCNC1CC(C2CCOC2)Oc2ccccc21. The van der Waals surface area contributed by atoms with E-state index in [1.54, 1.807) is 0 Å². The highest BCUT2D eigenvalue weighted by molar-refractivity contribution is 5.38. The Morgan fingerprint density at radius 3 is 3.00 bits per heavy atom. The molecular weight excluding hydrogens is 226 g/mol. The second kappa shape index (κ2) is 5.29. The molecule has 3 heteroatoms. The van der Waals surface area contributed by atoms with Gasteiger partial charge < -0.3 is 14.8 Å². The van der Waals surface area contributed by atoms with Crippen LogP contribution in [0.5, 0.6) is 5.75 Å². The lowest BCUT2D eigenvalue weighted by atomic mass is 9.89. The Morgan fingerprint density at radius 2 is 2.22 bits per heavy atom. The summed E-state index contributed by atoms with van der Waals surface area (Å²) in [5.74, 6) is 1.60. The van der Waals surface area contributed by atoms with Crippen LogP contribution in [-0.4, -0.2) is 25.9 Å². The number of hydrogen-bond donors (Lipinski definition) is 1. The van der Waals surface area contributed by atoms with E-state index < -0.39 is 0 Å². The van der Waals surface area contributed by atoms with Crippen molar-refractivity contribution in [2.24, 2.45) is 5.92 Å². The summed E-state index contributed by atoms with van der Waals surface area (Å²) in [6.45, 7) is 4.89. The molecule has 0 aliphatic carbocycles. The average Bonchev–Trinajstić information content (AvgIpc) is 2.93. The van der Waals surface area contributed by atoms with E-state index >= 15 is 0 Å². The maximum Gasteiger partial charge on any atom is 0.124 e. The molecule has 0 aromatic heterocycles. The predicted octanol–water partition coefficient (Wildman–Crippen LogP) is 2.52. The maximum atomic E-state index is 6.17. The molecule has 2 heterocycles. The monoisotopic (exact) mass is 247 g/mol. The summed E-state index contributed by atoms with van der Waals surface area (Å²) in [5, 5.41) is 3.57. The summed E-state index contributed by atoms with van der Waals surface area (Å²) >= 11 is 0. The predicted molar refractivity (Wildman–Crippen MR) is 70.8 cm³/mol. The zero-order valence-electron chi connectivity index (χ0n) is 10.9. The van der Waals surface area contributed by atoms with Crippen LogP contribution in [0, 0.1) is 5.92 Å². The summed E-state index contributed by atoms with van der Waals surface area (Å²) in [6.07, 6.45) is 2.48. The van der Waals surface area contributed by atoms with E-state index in [9.17, 15) is 0 Å². The van der Waals surface area contributed by atoms with Gasteiger partial charge in [-0.3, -0.25) is 0 Å². The number of hydrogen-bond acceptors (Lipinski definition) is 3. The largest absolute Gasteiger partial charge is 0.490 e. The molecule has 0 amide bonds. The van der Waals surface area contributed by atoms with Crippen LogP contribution >= 0.6 is 0 Å². The molecule has 1 fully saturated rings. The summed E-state index contributed by atoms with van der Waals surface area (Å²) in [7, 11) is 0. The Morgan fingerprint density at radius 1 is 1.33 bits per heavy atom. The van der Waals surface area contributed by atoms with Gasteiger partial charge in [0.1, 0.15) is 11.9 Å². The molecule has 98 valence electrons. The highest BCUT2D eigenvalue weighted by Crippen LogP contribution is 2.38. The number of fused-ring (bicyclic) bond motifs is 1. The second-order valence-electron chi connectivity index (χ2n) is 5.16. The van der Waals surface area contributed by atoms with Gasteiger partial charge in [0.15, 0.2) is 0 Å². The molecule has 1 N–H and O–H groups in total. The van der Waals surface area contributed by atoms with Gasteiger partial charge in [-0.15, -0.1) is 0 Å². The lowest BCUT2D eigenvalue weighted by molar-refractivity contribution is 0.0805. The van der Waals surface area contributed by atoms with Crippen molar-refractivity contribution in [3.63, 3.8) is 0 Å². The molecule has 0 bridgehead atoms. The van der Waals surface area contributed by atoms with Gasteiger partial charge in [0.05, 0.1) is 6.61 Å². The summed E-state index contributed by atoms with van der Waals surface area (Å²) in [5.41, 5.74) is 1.30. The van der Waals surface area contributed by atoms with Crippen LogP contribution in [0.15, 0.2) is 24.3 Å². The van der Waals surface area contributed by atoms with Crippen molar-refractivity contribution in [1.82, 2.24) is 5.32 Å². The van der Waals surface area contributed by atoms with Crippen LogP contribution in [0.3, 0.4) is 0 Å². The Balaban J connectivity index is 1.82. The van der Waals surface area contributed by atoms with E-state index in [1.807, 2.05) is 0 Å².